The van der Waals surface area contributed by atoms with Crippen LogP contribution >= 0.6 is 22.7 Å². The highest BCUT2D eigenvalue weighted by atomic mass is 32.1. The number of nitrogens with zero attached hydrogens (tertiary/aromatic N) is 3. The summed E-state index contributed by atoms with van der Waals surface area (Å²) in [6.45, 7) is 5.64. The van der Waals surface area contributed by atoms with Gasteiger partial charge >= 0.3 is 0 Å². The molecule has 3 rings (SSSR count). The van der Waals surface area contributed by atoms with Crippen molar-refractivity contribution in [1.82, 2.24) is 14.8 Å². The van der Waals surface area contributed by atoms with Crippen LogP contribution in [0.1, 0.15) is 5.69 Å². The Bertz CT molecular complexity index is 484. The molecule has 1 aliphatic rings. The van der Waals surface area contributed by atoms with Crippen molar-refractivity contribution in [2.45, 2.75) is 6.54 Å². The number of thiophene rings is 1. The van der Waals surface area contributed by atoms with Crippen molar-refractivity contribution in [2.75, 3.05) is 33.2 Å². The van der Waals surface area contributed by atoms with Gasteiger partial charge in [-0.05, 0) is 18.5 Å². The van der Waals surface area contributed by atoms with Gasteiger partial charge in [-0.2, -0.15) is 11.3 Å². The number of piperazine rings is 1. The molecule has 0 saturated carbocycles. The van der Waals surface area contributed by atoms with Gasteiger partial charge in [0, 0.05) is 49.0 Å². The number of hydrogen-bond acceptors (Lipinski definition) is 5. The maximum Gasteiger partial charge on any atom is 0.124 e. The molecular formula is C13H17N3S2. The molecule has 96 valence electrons. The molecule has 0 amide bonds. The zero-order valence-corrected chi connectivity index (χ0v) is 12.1. The van der Waals surface area contributed by atoms with Gasteiger partial charge in [-0.3, -0.25) is 4.90 Å². The van der Waals surface area contributed by atoms with Gasteiger partial charge < -0.3 is 4.90 Å². The molecule has 2 aromatic rings. The lowest BCUT2D eigenvalue weighted by molar-refractivity contribution is 0.147. The fourth-order valence-electron chi connectivity index (χ4n) is 2.13. The normalized spacial score (nSPS) is 18.3. The summed E-state index contributed by atoms with van der Waals surface area (Å²) in [4.78, 5) is 9.61. The van der Waals surface area contributed by atoms with Gasteiger partial charge in [0.25, 0.3) is 0 Å². The minimum absolute atomic E-state index is 0.995. The Hall–Kier alpha value is -0.750. The molecule has 0 aromatic carbocycles. The third-order valence-corrected chi connectivity index (χ3v) is 4.92. The first kappa shape index (κ1) is 12.3. The molecule has 0 atom stereocenters. The highest BCUT2D eigenvalue weighted by molar-refractivity contribution is 7.14. The second-order valence-electron chi connectivity index (χ2n) is 4.74. The minimum Gasteiger partial charge on any atom is -0.304 e. The van der Waals surface area contributed by atoms with Crippen LogP contribution < -0.4 is 0 Å². The van der Waals surface area contributed by atoms with E-state index in [1.807, 2.05) is 0 Å². The molecule has 0 unspecified atom stereocenters. The van der Waals surface area contributed by atoms with Gasteiger partial charge in [-0.15, -0.1) is 11.3 Å². The zero-order chi connectivity index (χ0) is 12.4. The number of thiazole rings is 1. The van der Waals surface area contributed by atoms with Gasteiger partial charge in [0.1, 0.15) is 5.01 Å². The van der Waals surface area contributed by atoms with E-state index in [-0.39, 0.29) is 0 Å². The van der Waals surface area contributed by atoms with Crippen molar-refractivity contribution in [3.8, 4) is 10.6 Å². The lowest BCUT2D eigenvalue weighted by Crippen LogP contribution is -2.43. The summed E-state index contributed by atoms with van der Waals surface area (Å²) in [5.74, 6) is 0. The highest BCUT2D eigenvalue weighted by Crippen LogP contribution is 2.26. The van der Waals surface area contributed by atoms with Gasteiger partial charge in [-0.1, -0.05) is 0 Å². The fraction of sp³-hybridized carbons (Fsp3) is 0.462. The Morgan fingerprint density at radius 1 is 1.22 bits per heavy atom. The molecule has 1 aliphatic heterocycles. The maximum atomic E-state index is 4.74. The SMILES string of the molecule is CN1CCN(Cc2csc(-c3ccsc3)n2)CC1. The first-order valence-corrected chi connectivity index (χ1v) is 8.01. The zero-order valence-electron chi connectivity index (χ0n) is 10.5. The van der Waals surface area contributed by atoms with Crippen LogP contribution in [0.25, 0.3) is 10.6 Å². The Balaban J connectivity index is 1.64. The van der Waals surface area contributed by atoms with Gasteiger partial charge in [-0.25, -0.2) is 4.98 Å². The second-order valence-corrected chi connectivity index (χ2v) is 6.37. The van der Waals surface area contributed by atoms with Crippen LogP contribution in [0.2, 0.25) is 0 Å². The van der Waals surface area contributed by atoms with Gasteiger partial charge in [0.15, 0.2) is 0 Å². The predicted octanol–water partition coefficient (Wildman–Crippen LogP) is 2.62. The van der Waals surface area contributed by atoms with E-state index in [4.69, 9.17) is 4.98 Å². The van der Waals surface area contributed by atoms with Crippen molar-refractivity contribution in [3.05, 3.63) is 27.9 Å². The van der Waals surface area contributed by atoms with Crippen LogP contribution in [0.15, 0.2) is 22.2 Å². The number of hydrogen-bond donors (Lipinski definition) is 0. The van der Waals surface area contributed by atoms with E-state index >= 15 is 0 Å². The van der Waals surface area contributed by atoms with E-state index < -0.39 is 0 Å². The van der Waals surface area contributed by atoms with Crippen LogP contribution in [0.5, 0.6) is 0 Å². The molecule has 0 bridgehead atoms. The maximum absolute atomic E-state index is 4.74. The molecule has 3 heterocycles. The standard InChI is InChI=1S/C13H17N3S2/c1-15-3-5-16(6-4-15)8-12-10-18-13(14-12)11-2-7-17-9-11/h2,7,9-10H,3-6,8H2,1H3. The van der Waals surface area contributed by atoms with E-state index in [1.165, 1.54) is 24.3 Å². The number of likely N-dealkylation sites (N-methyl/N-ethyl adjacent to an activating group) is 1. The van der Waals surface area contributed by atoms with Crippen molar-refractivity contribution in [3.63, 3.8) is 0 Å². The van der Waals surface area contributed by atoms with Crippen LogP contribution in [0, 0.1) is 0 Å². The summed E-state index contributed by atoms with van der Waals surface area (Å²) in [6, 6.07) is 2.14. The molecule has 0 N–H and O–H groups in total. The molecule has 0 spiro atoms. The predicted molar refractivity (Wildman–Crippen MR) is 78.2 cm³/mol. The van der Waals surface area contributed by atoms with Crippen LogP contribution in [-0.2, 0) is 6.54 Å². The van der Waals surface area contributed by atoms with E-state index in [9.17, 15) is 0 Å². The Morgan fingerprint density at radius 2 is 2.06 bits per heavy atom. The minimum atomic E-state index is 0.995. The van der Waals surface area contributed by atoms with Crippen molar-refractivity contribution in [1.29, 1.82) is 0 Å². The third kappa shape index (κ3) is 2.80. The second kappa shape index (κ2) is 5.48. The molecule has 0 aliphatic carbocycles. The Labute approximate surface area is 116 Å². The van der Waals surface area contributed by atoms with Crippen LogP contribution in [0.3, 0.4) is 0 Å². The summed E-state index contributed by atoms with van der Waals surface area (Å²) in [5.41, 5.74) is 2.47. The summed E-state index contributed by atoms with van der Waals surface area (Å²) >= 11 is 3.49. The average molecular weight is 279 g/mol. The molecule has 18 heavy (non-hydrogen) atoms. The first-order chi connectivity index (χ1) is 8.81. The average Bonchev–Trinajstić information content (AvgIpc) is 3.02. The summed E-state index contributed by atoms with van der Waals surface area (Å²) in [5, 5.41) is 7.63. The molecule has 3 nitrogen and oxygen atoms in total. The van der Waals surface area contributed by atoms with E-state index in [0.717, 1.165) is 24.6 Å². The molecule has 5 heteroatoms. The number of rotatable bonds is 3. The summed E-state index contributed by atoms with van der Waals surface area (Å²) < 4.78 is 0. The number of aromatic nitrogens is 1. The highest BCUT2D eigenvalue weighted by Gasteiger charge is 2.15. The van der Waals surface area contributed by atoms with Crippen molar-refractivity contribution >= 4 is 22.7 Å². The smallest absolute Gasteiger partial charge is 0.124 e. The molecule has 1 fully saturated rings. The largest absolute Gasteiger partial charge is 0.304 e. The monoisotopic (exact) mass is 279 g/mol. The topological polar surface area (TPSA) is 19.4 Å². The van der Waals surface area contributed by atoms with Gasteiger partial charge in [0.2, 0.25) is 0 Å². The fourth-order valence-corrected chi connectivity index (χ4v) is 3.66. The van der Waals surface area contributed by atoms with Gasteiger partial charge in [0.05, 0.1) is 5.69 Å². The third-order valence-electron chi connectivity index (χ3n) is 3.30. The molecule has 1 saturated heterocycles. The molecule has 0 radical (unpaired) electrons. The van der Waals surface area contributed by atoms with E-state index in [0.29, 0.717) is 0 Å². The van der Waals surface area contributed by atoms with Crippen LogP contribution in [-0.4, -0.2) is 48.0 Å². The summed E-state index contributed by atoms with van der Waals surface area (Å²) in [6.07, 6.45) is 0. The lowest BCUT2D eigenvalue weighted by Gasteiger charge is -2.31. The van der Waals surface area contributed by atoms with E-state index in [2.05, 4.69) is 39.1 Å². The molecule has 2 aromatic heterocycles. The van der Waals surface area contributed by atoms with E-state index in [1.54, 1.807) is 22.7 Å². The quantitative estimate of drug-likeness (QED) is 0.861. The van der Waals surface area contributed by atoms with Crippen molar-refractivity contribution in [2.24, 2.45) is 0 Å². The van der Waals surface area contributed by atoms with Crippen molar-refractivity contribution < 1.29 is 0 Å². The Kier molecular flexibility index (Phi) is 3.75. The lowest BCUT2D eigenvalue weighted by atomic mass is 10.3. The summed E-state index contributed by atoms with van der Waals surface area (Å²) in [7, 11) is 2.19. The first-order valence-electron chi connectivity index (χ1n) is 6.19. The van der Waals surface area contributed by atoms with Crippen LogP contribution in [0.4, 0.5) is 0 Å². The molecular weight excluding hydrogens is 262 g/mol. The Morgan fingerprint density at radius 3 is 2.78 bits per heavy atom.